The second-order valence-electron chi connectivity index (χ2n) is 4.37. The van der Waals surface area contributed by atoms with Gasteiger partial charge in [-0.15, -0.1) is 0 Å². The van der Waals surface area contributed by atoms with Crippen molar-refractivity contribution in [1.82, 2.24) is 0 Å². The van der Waals surface area contributed by atoms with Gasteiger partial charge in [0, 0.05) is 22.8 Å². The van der Waals surface area contributed by atoms with Gasteiger partial charge < -0.3 is 10.4 Å². The number of benzene rings is 1. The molecule has 0 saturated heterocycles. The molecule has 0 heterocycles. The maximum atomic E-state index is 11.8. The number of hydrogen-bond acceptors (Lipinski definition) is 4. The third kappa shape index (κ3) is 7.72. The molecule has 0 fully saturated rings. The Bertz CT molecular complexity index is 681. The van der Waals surface area contributed by atoms with E-state index in [9.17, 15) is 18.3 Å². The average Bonchev–Trinajstić information content (AvgIpc) is 2.33. The number of hydrogen-bond donors (Lipinski definition) is 1. The standard InChI is InChI=1S/C12H13I3N2O4S/c1-22(20,21)17-11(19)4-2-3-10(18)16-7-5-8(13)12(15)9(14)6-7/h5-6H,2-4H2,1H3,(H,16,18)(H,17,19)/p-1. The highest BCUT2D eigenvalue weighted by Gasteiger charge is 2.07. The number of halogens is 3. The van der Waals surface area contributed by atoms with Crippen LogP contribution in [0.2, 0.25) is 0 Å². The molecule has 6 nitrogen and oxygen atoms in total. The fourth-order valence-corrected chi connectivity index (χ4v) is 4.02. The van der Waals surface area contributed by atoms with Gasteiger partial charge in [0.1, 0.15) is 0 Å². The summed E-state index contributed by atoms with van der Waals surface area (Å²) in [5.41, 5.74) is 0.700. The molecule has 0 spiro atoms. The fourth-order valence-electron chi connectivity index (χ4n) is 1.48. The summed E-state index contributed by atoms with van der Waals surface area (Å²) < 4.78 is 27.8. The number of anilines is 1. The van der Waals surface area contributed by atoms with Crippen LogP contribution >= 0.6 is 67.8 Å². The van der Waals surface area contributed by atoms with Crippen LogP contribution in [0.1, 0.15) is 19.3 Å². The van der Waals surface area contributed by atoms with Crippen LogP contribution in [0, 0.1) is 10.7 Å². The van der Waals surface area contributed by atoms with E-state index in [2.05, 4.69) is 77.5 Å². The minimum absolute atomic E-state index is 0.0672. The van der Waals surface area contributed by atoms with E-state index in [1.54, 1.807) is 0 Å². The van der Waals surface area contributed by atoms with E-state index in [-0.39, 0.29) is 25.2 Å². The monoisotopic (exact) mass is 661 g/mol. The van der Waals surface area contributed by atoms with Crippen molar-refractivity contribution in [2.75, 3.05) is 11.6 Å². The summed E-state index contributed by atoms with van der Waals surface area (Å²) in [6, 6.07) is 3.74. The van der Waals surface area contributed by atoms with Crippen LogP contribution in [0.5, 0.6) is 0 Å². The molecule has 0 unspecified atom stereocenters. The van der Waals surface area contributed by atoms with Gasteiger partial charge in [-0.25, -0.2) is 8.42 Å². The van der Waals surface area contributed by atoms with Crippen molar-refractivity contribution in [3.63, 3.8) is 0 Å². The number of rotatable bonds is 6. The SMILES string of the molecule is CS(=O)(=O)/N=C(/[O-])CCCC(=O)Nc1cc(I)c(I)c(I)c1. The summed E-state index contributed by atoms with van der Waals surface area (Å²) in [6.45, 7) is 0. The van der Waals surface area contributed by atoms with Gasteiger partial charge in [-0.3, -0.25) is 4.79 Å². The minimum Gasteiger partial charge on any atom is -0.861 e. The van der Waals surface area contributed by atoms with Crippen LogP contribution in [0.3, 0.4) is 0 Å². The number of sulfonamides is 1. The van der Waals surface area contributed by atoms with E-state index in [1.165, 1.54) is 0 Å². The lowest BCUT2D eigenvalue weighted by Gasteiger charge is -2.10. The Morgan fingerprint density at radius 2 is 1.77 bits per heavy atom. The van der Waals surface area contributed by atoms with E-state index in [0.29, 0.717) is 5.69 Å². The maximum absolute atomic E-state index is 11.8. The first-order valence-electron chi connectivity index (χ1n) is 5.98. The average molecular weight is 661 g/mol. The zero-order valence-corrected chi connectivity index (χ0v) is 18.7. The summed E-state index contributed by atoms with van der Waals surface area (Å²) in [6.07, 6.45) is 1.17. The highest BCUT2D eigenvalue weighted by molar-refractivity contribution is 14.1. The van der Waals surface area contributed by atoms with Gasteiger partial charge in [0.25, 0.3) is 0 Å². The third-order valence-electron chi connectivity index (χ3n) is 2.33. The molecule has 0 aliphatic rings. The Morgan fingerprint density at radius 3 is 2.27 bits per heavy atom. The first-order valence-corrected chi connectivity index (χ1v) is 11.1. The van der Waals surface area contributed by atoms with Gasteiger partial charge >= 0.3 is 0 Å². The highest BCUT2D eigenvalue weighted by atomic mass is 127. The molecule has 0 aromatic heterocycles. The molecule has 10 heteroatoms. The summed E-state index contributed by atoms with van der Waals surface area (Å²) >= 11 is 6.62. The Morgan fingerprint density at radius 1 is 1.23 bits per heavy atom. The van der Waals surface area contributed by atoms with Gasteiger partial charge in [0.05, 0.1) is 6.26 Å². The molecule has 1 rings (SSSR count). The molecule has 0 atom stereocenters. The van der Waals surface area contributed by atoms with Crippen LogP contribution in [-0.4, -0.2) is 26.5 Å². The maximum Gasteiger partial charge on any atom is 0.249 e. The van der Waals surface area contributed by atoms with Crippen LogP contribution in [0.4, 0.5) is 5.69 Å². The van der Waals surface area contributed by atoms with Crippen molar-refractivity contribution >= 4 is 95.3 Å². The number of nitrogens with zero attached hydrogens (tertiary/aromatic N) is 1. The van der Waals surface area contributed by atoms with E-state index in [4.69, 9.17) is 0 Å². The molecule has 0 aliphatic carbocycles. The van der Waals surface area contributed by atoms with Gasteiger partial charge in [-0.2, -0.15) is 4.40 Å². The number of amides is 1. The van der Waals surface area contributed by atoms with Gasteiger partial charge in [0.2, 0.25) is 15.9 Å². The largest absolute Gasteiger partial charge is 0.861 e. The van der Waals surface area contributed by atoms with Crippen LogP contribution < -0.4 is 10.4 Å². The molecule has 1 aromatic carbocycles. The predicted molar refractivity (Wildman–Crippen MR) is 109 cm³/mol. The van der Waals surface area contributed by atoms with Crippen molar-refractivity contribution in [3.8, 4) is 0 Å². The molecule has 1 amide bonds. The molecule has 1 N–H and O–H groups in total. The third-order valence-corrected chi connectivity index (χ3v) is 7.79. The summed E-state index contributed by atoms with van der Waals surface area (Å²) in [5, 5.41) is 14.0. The zero-order chi connectivity index (χ0) is 16.9. The van der Waals surface area contributed by atoms with E-state index >= 15 is 0 Å². The first-order chi connectivity index (χ1) is 10.1. The lowest BCUT2D eigenvalue weighted by Crippen LogP contribution is -2.20. The smallest absolute Gasteiger partial charge is 0.249 e. The lowest BCUT2D eigenvalue weighted by molar-refractivity contribution is -0.218. The summed E-state index contributed by atoms with van der Waals surface area (Å²) in [4.78, 5) is 11.8. The number of carbonyl (C=O) groups is 1. The molecule has 0 aliphatic heterocycles. The van der Waals surface area contributed by atoms with Crippen molar-refractivity contribution < 1.29 is 18.3 Å². The fraction of sp³-hybridized carbons (Fsp3) is 0.333. The van der Waals surface area contributed by atoms with Gasteiger partial charge in [-0.05, 0) is 98.6 Å². The molecular weight excluding hydrogens is 649 g/mol. The van der Waals surface area contributed by atoms with E-state index < -0.39 is 15.9 Å². The Kier molecular flexibility index (Phi) is 8.29. The predicted octanol–water partition coefficient (Wildman–Crippen LogP) is 2.33. The minimum atomic E-state index is -3.66. The lowest BCUT2D eigenvalue weighted by atomic mass is 10.2. The molecule has 0 saturated carbocycles. The molecule has 122 valence electrons. The summed E-state index contributed by atoms with van der Waals surface area (Å²) in [7, 11) is -3.66. The molecular formula is C12H12I3N2O4S-. The Balaban J connectivity index is 2.53. The quantitative estimate of drug-likeness (QED) is 0.219. The van der Waals surface area contributed by atoms with Crippen LogP contribution in [0.15, 0.2) is 16.5 Å². The van der Waals surface area contributed by atoms with E-state index in [1.807, 2.05) is 12.1 Å². The van der Waals surface area contributed by atoms with Crippen molar-refractivity contribution in [2.24, 2.45) is 4.40 Å². The Hall–Kier alpha value is 0.300. The van der Waals surface area contributed by atoms with E-state index in [0.717, 1.165) is 17.0 Å². The summed E-state index contributed by atoms with van der Waals surface area (Å²) in [5.74, 6) is -0.950. The Labute approximate surface area is 170 Å². The molecule has 22 heavy (non-hydrogen) atoms. The first kappa shape index (κ1) is 20.3. The molecule has 0 bridgehead atoms. The second-order valence-corrected chi connectivity index (χ2v) is 9.43. The topological polar surface area (TPSA) is 98.7 Å². The van der Waals surface area contributed by atoms with Crippen LogP contribution in [0.25, 0.3) is 0 Å². The van der Waals surface area contributed by atoms with Gasteiger partial charge in [0.15, 0.2) is 0 Å². The second kappa shape index (κ2) is 8.96. The van der Waals surface area contributed by atoms with Gasteiger partial charge in [-0.1, -0.05) is 0 Å². The molecule has 0 radical (unpaired) electrons. The number of nitrogens with one attached hydrogen (secondary N) is 1. The van der Waals surface area contributed by atoms with Crippen molar-refractivity contribution in [3.05, 3.63) is 22.8 Å². The number of carbonyl (C=O) groups excluding carboxylic acids is 1. The molecule has 1 aromatic rings. The van der Waals surface area contributed by atoms with Crippen molar-refractivity contribution in [2.45, 2.75) is 19.3 Å². The zero-order valence-electron chi connectivity index (χ0n) is 11.4. The highest BCUT2D eigenvalue weighted by Crippen LogP contribution is 2.25. The normalized spacial score (nSPS) is 12.3. The van der Waals surface area contributed by atoms with Crippen LogP contribution in [-0.2, 0) is 14.8 Å². The van der Waals surface area contributed by atoms with Crippen molar-refractivity contribution in [1.29, 1.82) is 0 Å².